The number of carbonyl (C=O) groups excluding carboxylic acids is 2. The number of hydrogen-bond donors (Lipinski definition) is 2. The molecule has 6 nitrogen and oxygen atoms in total. The predicted octanol–water partition coefficient (Wildman–Crippen LogP) is 4.75. The topological polar surface area (TPSA) is 92.3 Å². The molecule has 0 saturated heterocycles. The van der Waals surface area contributed by atoms with E-state index in [9.17, 15) is 35.6 Å². The highest BCUT2D eigenvalue weighted by Gasteiger charge is 2.34. The Labute approximate surface area is 186 Å². The summed E-state index contributed by atoms with van der Waals surface area (Å²) in [7, 11) is -3.63. The van der Waals surface area contributed by atoms with Gasteiger partial charge in [-0.05, 0) is 60.7 Å². The Morgan fingerprint density at radius 1 is 0.818 bits per heavy atom. The van der Waals surface area contributed by atoms with Gasteiger partial charge >= 0.3 is 6.18 Å². The Morgan fingerprint density at radius 3 is 2.06 bits per heavy atom. The SMILES string of the molecule is CS(=O)(=O)c1cccc(C(=O)Nc2ccc(NC(=O)c3ccc(F)cc3)cc2C(F)(F)F)c1. The lowest BCUT2D eigenvalue weighted by atomic mass is 10.1. The van der Waals surface area contributed by atoms with Crippen LogP contribution >= 0.6 is 0 Å². The first kappa shape index (κ1) is 23.9. The summed E-state index contributed by atoms with van der Waals surface area (Å²) in [5.41, 5.74) is -2.13. The van der Waals surface area contributed by atoms with Crippen LogP contribution in [0.2, 0.25) is 0 Å². The van der Waals surface area contributed by atoms with Crippen molar-refractivity contribution in [1.29, 1.82) is 0 Å². The average Bonchev–Trinajstić information content (AvgIpc) is 2.74. The number of carbonyl (C=O) groups is 2. The van der Waals surface area contributed by atoms with Gasteiger partial charge in [-0.2, -0.15) is 13.2 Å². The molecule has 2 amide bonds. The number of sulfone groups is 1. The summed E-state index contributed by atoms with van der Waals surface area (Å²) in [4.78, 5) is 24.5. The Morgan fingerprint density at radius 2 is 1.45 bits per heavy atom. The van der Waals surface area contributed by atoms with Crippen molar-refractivity contribution in [2.45, 2.75) is 11.1 Å². The zero-order valence-corrected chi connectivity index (χ0v) is 17.7. The maximum absolute atomic E-state index is 13.6. The number of rotatable bonds is 5. The maximum Gasteiger partial charge on any atom is 0.418 e. The van der Waals surface area contributed by atoms with Gasteiger partial charge in [-0.25, -0.2) is 12.8 Å². The smallest absolute Gasteiger partial charge is 0.322 e. The maximum atomic E-state index is 13.6. The molecule has 0 aliphatic heterocycles. The van der Waals surface area contributed by atoms with Crippen LogP contribution in [0.4, 0.5) is 28.9 Å². The fourth-order valence-corrected chi connectivity index (χ4v) is 3.50. The third-order valence-electron chi connectivity index (χ3n) is 4.46. The summed E-state index contributed by atoms with van der Waals surface area (Å²) in [5.74, 6) is -2.28. The summed E-state index contributed by atoms with van der Waals surface area (Å²) in [5, 5.41) is 4.41. The van der Waals surface area contributed by atoms with Crippen molar-refractivity contribution in [1.82, 2.24) is 0 Å². The van der Waals surface area contributed by atoms with E-state index in [2.05, 4.69) is 10.6 Å². The molecule has 0 atom stereocenters. The molecule has 0 aromatic heterocycles. The minimum Gasteiger partial charge on any atom is -0.322 e. The van der Waals surface area contributed by atoms with Gasteiger partial charge in [-0.1, -0.05) is 6.07 Å². The Hall–Kier alpha value is -3.73. The van der Waals surface area contributed by atoms with Crippen LogP contribution in [0.1, 0.15) is 26.3 Å². The van der Waals surface area contributed by atoms with E-state index < -0.39 is 44.9 Å². The summed E-state index contributed by atoms with van der Waals surface area (Å²) in [6, 6.07) is 12.0. The lowest BCUT2D eigenvalue weighted by Gasteiger charge is -2.16. The van der Waals surface area contributed by atoms with E-state index in [-0.39, 0.29) is 21.7 Å². The van der Waals surface area contributed by atoms with Gasteiger partial charge in [0.15, 0.2) is 9.84 Å². The molecule has 0 bridgehead atoms. The largest absolute Gasteiger partial charge is 0.418 e. The average molecular weight is 480 g/mol. The van der Waals surface area contributed by atoms with Gasteiger partial charge < -0.3 is 10.6 Å². The lowest BCUT2D eigenvalue weighted by molar-refractivity contribution is -0.136. The first-order valence-electron chi connectivity index (χ1n) is 9.24. The number of hydrogen-bond acceptors (Lipinski definition) is 4. The van der Waals surface area contributed by atoms with Crippen LogP contribution in [-0.4, -0.2) is 26.5 Å². The molecular weight excluding hydrogens is 464 g/mol. The molecule has 172 valence electrons. The molecule has 0 saturated carbocycles. The third kappa shape index (κ3) is 5.95. The van der Waals surface area contributed by atoms with Crippen molar-refractivity contribution in [3.63, 3.8) is 0 Å². The second-order valence-corrected chi connectivity index (χ2v) is 8.99. The highest BCUT2D eigenvalue weighted by atomic mass is 32.2. The van der Waals surface area contributed by atoms with E-state index in [4.69, 9.17) is 0 Å². The normalized spacial score (nSPS) is 11.7. The molecule has 0 aliphatic rings. The monoisotopic (exact) mass is 480 g/mol. The van der Waals surface area contributed by atoms with E-state index in [0.29, 0.717) is 6.07 Å². The minimum atomic E-state index is -4.88. The van der Waals surface area contributed by atoms with Crippen LogP contribution in [0.3, 0.4) is 0 Å². The molecule has 0 aliphatic carbocycles. The third-order valence-corrected chi connectivity index (χ3v) is 5.57. The highest BCUT2D eigenvalue weighted by Crippen LogP contribution is 2.37. The predicted molar refractivity (Wildman–Crippen MR) is 113 cm³/mol. The molecule has 2 N–H and O–H groups in total. The fraction of sp³-hybridized carbons (Fsp3) is 0.0909. The number of benzene rings is 3. The fourth-order valence-electron chi connectivity index (χ4n) is 2.83. The molecule has 11 heteroatoms. The summed E-state index contributed by atoms with van der Waals surface area (Å²) < 4.78 is 77.2. The van der Waals surface area contributed by atoms with E-state index in [1.54, 1.807) is 0 Å². The van der Waals surface area contributed by atoms with Crippen molar-refractivity contribution in [2.75, 3.05) is 16.9 Å². The van der Waals surface area contributed by atoms with E-state index >= 15 is 0 Å². The molecule has 3 aromatic rings. The first-order chi connectivity index (χ1) is 15.3. The molecule has 0 fully saturated rings. The van der Waals surface area contributed by atoms with Crippen LogP contribution in [0.25, 0.3) is 0 Å². The number of nitrogens with one attached hydrogen (secondary N) is 2. The van der Waals surface area contributed by atoms with E-state index in [1.165, 1.54) is 30.3 Å². The summed E-state index contributed by atoms with van der Waals surface area (Å²) in [6.45, 7) is 0. The molecule has 0 spiro atoms. The van der Waals surface area contributed by atoms with Crippen molar-refractivity contribution < 1.29 is 35.6 Å². The zero-order chi connectivity index (χ0) is 24.4. The quantitative estimate of drug-likeness (QED) is 0.516. The second-order valence-electron chi connectivity index (χ2n) is 6.97. The van der Waals surface area contributed by atoms with Crippen LogP contribution in [0.5, 0.6) is 0 Å². The van der Waals surface area contributed by atoms with Crippen LogP contribution in [0, 0.1) is 5.82 Å². The van der Waals surface area contributed by atoms with Gasteiger partial charge in [0.1, 0.15) is 5.82 Å². The highest BCUT2D eigenvalue weighted by molar-refractivity contribution is 7.90. The number of alkyl halides is 3. The van der Waals surface area contributed by atoms with Crippen LogP contribution < -0.4 is 10.6 Å². The van der Waals surface area contributed by atoms with E-state index in [1.807, 2.05) is 0 Å². The van der Waals surface area contributed by atoms with Gasteiger partial charge in [0.2, 0.25) is 0 Å². The second kappa shape index (κ2) is 9.02. The summed E-state index contributed by atoms with van der Waals surface area (Å²) in [6.07, 6.45) is -3.95. The number of amides is 2. The molecule has 0 unspecified atom stereocenters. The molecule has 0 heterocycles. The Bertz CT molecular complexity index is 1320. The molecule has 3 aromatic carbocycles. The molecule has 33 heavy (non-hydrogen) atoms. The van der Waals surface area contributed by atoms with Crippen LogP contribution in [0.15, 0.2) is 71.6 Å². The Balaban J connectivity index is 1.88. The minimum absolute atomic E-state index is 0.0353. The number of anilines is 2. The van der Waals surface area contributed by atoms with Crippen molar-refractivity contribution in [2.24, 2.45) is 0 Å². The lowest BCUT2D eigenvalue weighted by Crippen LogP contribution is -2.18. The first-order valence-corrected chi connectivity index (χ1v) is 11.1. The van der Waals surface area contributed by atoms with Gasteiger partial charge in [-0.3, -0.25) is 9.59 Å². The standard InChI is InChI=1S/C22H16F4N2O4S/c1-33(31,32)17-4-2-3-14(11-17)21(30)28-19-10-9-16(12-18(19)22(24,25)26)27-20(29)13-5-7-15(23)8-6-13/h2-12H,1H3,(H,27,29)(H,28,30). The zero-order valence-electron chi connectivity index (χ0n) is 16.9. The van der Waals surface area contributed by atoms with Crippen molar-refractivity contribution in [3.8, 4) is 0 Å². The van der Waals surface area contributed by atoms with E-state index in [0.717, 1.165) is 36.6 Å². The molecular formula is C22H16F4N2O4S. The molecule has 3 rings (SSSR count). The summed E-state index contributed by atoms with van der Waals surface area (Å²) >= 11 is 0. The van der Waals surface area contributed by atoms with Crippen molar-refractivity contribution >= 4 is 33.0 Å². The van der Waals surface area contributed by atoms with Gasteiger partial charge in [0.25, 0.3) is 11.8 Å². The van der Waals surface area contributed by atoms with Gasteiger partial charge in [0, 0.05) is 23.1 Å². The Kier molecular flexibility index (Phi) is 6.54. The molecule has 0 radical (unpaired) electrons. The van der Waals surface area contributed by atoms with Crippen LogP contribution in [-0.2, 0) is 16.0 Å². The van der Waals surface area contributed by atoms with Crippen molar-refractivity contribution in [3.05, 3.63) is 89.2 Å². The van der Waals surface area contributed by atoms with Gasteiger partial charge in [0.05, 0.1) is 16.1 Å². The number of halogens is 4. The van der Waals surface area contributed by atoms with Gasteiger partial charge in [-0.15, -0.1) is 0 Å².